The molecule has 1 aromatic rings. The first-order valence-electron chi connectivity index (χ1n) is 5.53. The molecule has 0 saturated carbocycles. The summed E-state index contributed by atoms with van der Waals surface area (Å²) in [6, 6.07) is 0.578. The van der Waals surface area contributed by atoms with Gasteiger partial charge in [0.15, 0.2) is 0 Å². The van der Waals surface area contributed by atoms with Crippen molar-refractivity contribution in [3.05, 3.63) is 16.6 Å². The first-order chi connectivity index (χ1) is 7.15. The first-order valence-corrected chi connectivity index (χ1v) is 6.41. The minimum Gasteiger partial charge on any atom is -0.326 e. The lowest BCUT2D eigenvalue weighted by atomic mass is 10.1. The van der Waals surface area contributed by atoms with Crippen LogP contribution in [0.2, 0.25) is 0 Å². The summed E-state index contributed by atoms with van der Waals surface area (Å²) in [5.41, 5.74) is 5.99. The molecule has 0 amide bonds. The number of nitrogens with one attached hydrogen (secondary N) is 1. The van der Waals surface area contributed by atoms with Crippen LogP contribution in [-0.4, -0.2) is 17.6 Å². The van der Waals surface area contributed by atoms with Crippen LogP contribution in [0.1, 0.15) is 38.2 Å². The van der Waals surface area contributed by atoms with Crippen LogP contribution >= 0.6 is 11.3 Å². The molecule has 0 aliphatic rings. The van der Waals surface area contributed by atoms with E-state index in [0.717, 1.165) is 18.0 Å². The summed E-state index contributed by atoms with van der Waals surface area (Å²) < 4.78 is 0. The molecule has 0 spiro atoms. The topological polar surface area (TPSA) is 50.9 Å². The number of nitrogens with two attached hydrogens (primary N) is 1. The van der Waals surface area contributed by atoms with Crippen molar-refractivity contribution in [2.24, 2.45) is 11.7 Å². The Morgan fingerprint density at radius 1 is 1.53 bits per heavy atom. The number of aromatic nitrogens is 1. The predicted octanol–water partition coefficient (Wildman–Crippen LogP) is 2.17. The van der Waals surface area contributed by atoms with Gasteiger partial charge >= 0.3 is 0 Å². The molecular formula is C11H21N3S. The average Bonchev–Trinajstić information content (AvgIpc) is 2.71. The zero-order valence-electron chi connectivity index (χ0n) is 9.73. The molecule has 0 aliphatic carbocycles. The van der Waals surface area contributed by atoms with E-state index in [2.05, 4.69) is 31.1 Å². The molecule has 0 bridgehead atoms. The summed E-state index contributed by atoms with van der Waals surface area (Å²) in [5, 5.41) is 6.65. The second-order valence-corrected chi connectivity index (χ2v) is 5.07. The van der Waals surface area contributed by atoms with Crippen molar-refractivity contribution < 1.29 is 0 Å². The van der Waals surface area contributed by atoms with Crippen LogP contribution in [0, 0.1) is 5.92 Å². The predicted molar refractivity (Wildman–Crippen MR) is 66.0 cm³/mol. The van der Waals surface area contributed by atoms with Crippen molar-refractivity contribution in [3.8, 4) is 0 Å². The molecule has 2 unspecified atom stereocenters. The molecule has 0 saturated heterocycles. The molecule has 4 heteroatoms. The lowest BCUT2D eigenvalue weighted by molar-refractivity contribution is 0.418. The zero-order chi connectivity index (χ0) is 11.3. The van der Waals surface area contributed by atoms with Gasteiger partial charge in [0.25, 0.3) is 0 Å². The van der Waals surface area contributed by atoms with Crippen molar-refractivity contribution in [1.29, 1.82) is 0 Å². The Balaban J connectivity index is 2.42. The van der Waals surface area contributed by atoms with E-state index < -0.39 is 0 Å². The van der Waals surface area contributed by atoms with Gasteiger partial charge in [0.1, 0.15) is 5.01 Å². The molecule has 1 aromatic heterocycles. The lowest BCUT2D eigenvalue weighted by Gasteiger charge is -2.20. The van der Waals surface area contributed by atoms with Gasteiger partial charge in [-0.25, -0.2) is 4.98 Å². The fourth-order valence-electron chi connectivity index (χ4n) is 1.33. The van der Waals surface area contributed by atoms with Crippen LogP contribution in [-0.2, 0) is 0 Å². The van der Waals surface area contributed by atoms with E-state index in [0.29, 0.717) is 12.0 Å². The molecule has 86 valence electrons. The smallest absolute Gasteiger partial charge is 0.109 e. The molecule has 0 aliphatic heterocycles. The normalized spacial score (nSPS) is 15.5. The largest absolute Gasteiger partial charge is 0.326 e. The molecule has 0 aromatic carbocycles. The highest BCUT2D eigenvalue weighted by molar-refractivity contribution is 7.09. The lowest BCUT2D eigenvalue weighted by Crippen LogP contribution is -2.39. The highest BCUT2D eigenvalue weighted by Gasteiger charge is 2.14. The minimum absolute atomic E-state index is 0.221. The van der Waals surface area contributed by atoms with E-state index in [1.807, 2.05) is 11.6 Å². The Hall–Kier alpha value is -0.450. The molecule has 3 N–H and O–H groups in total. The van der Waals surface area contributed by atoms with Gasteiger partial charge < -0.3 is 11.1 Å². The molecule has 2 atom stereocenters. The van der Waals surface area contributed by atoms with Gasteiger partial charge in [0.05, 0.1) is 6.04 Å². The first kappa shape index (κ1) is 12.6. The Kier molecular flexibility index (Phi) is 5.22. The Morgan fingerprint density at radius 3 is 2.73 bits per heavy atom. The summed E-state index contributed by atoms with van der Waals surface area (Å²) in [6.45, 7) is 7.32. The summed E-state index contributed by atoms with van der Waals surface area (Å²) >= 11 is 1.70. The number of nitrogens with zero attached hydrogens (tertiary/aromatic N) is 1. The van der Waals surface area contributed by atoms with Crippen molar-refractivity contribution in [1.82, 2.24) is 10.3 Å². The van der Waals surface area contributed by atoms with Crippen molar-refractivity contribution in [3.63, 3.8) is 0 Å². The van der Waals surface area contributed by atoms with Crippen molar-refractivity contribution >= 4 is 11.3 Å². The van der Waals surface area contributed by atoms with Gasteiger partial charge in [0, 0.05) is 24.2 Å². The molecule has 3 nitrogen and oxygen atoms in total. The summed E-state index contributed by atoms with van der Waals surface area (Å²) in [6.07, 6.45) is 2.91. The monoisotopic (exact) mass is 227 g/mol. The van der Waals surface area contributed by atoms with Gasteiger partial charge in [-0.2, -0.15) is 0 Å². The number of hydrogen-bond donors (Lipinski definition) is 2. The van der Waals surface area contributed by atoms with Gasteiger partial charge in [-0.05, 0) is 12.3 Å². The third kappa shape index (κ3) is 3.89. The Bertz CT molecular complexity index is 259. The molecule has 0 fully saturated rings. The van der Waals surface area contributed by atoms with Crippen LogP contribution < -0.4 is 11.1 Å². The van der Waals surface area contributed by atoms with Crippen molar-refractivity contribution in [2.75, 3.05) is 6.54 Å². The Morgan fingerprint density at radius 2 is 2.27 bits per heavy atom. The van der Waals surface area contributed by atoms with Gasteiger partial charge in [-0.3, -0.25) is 0 Å². The van der Waals surface area contributed by atoms with E-state index in [-0.39, 0.29) is 6.04 Å². The SMILES string of the molecule is CCC(NCC(N)C(C)C)c1nccs1. The van der Waals surface area contributed by atoms with E-state index in [4.69, 9.17) is 5.73 Å². The van der Waals surface area contributed by atoms with Crippen LogP contribution in [0.15, 0.2) is 11.6 Å². The molecule has 0 radical (unpaired) electrons. The van der Waals surface area contributed by atoms with Crippen LogP contribution in [0.4, 0.5) is 0 Å². The summed E-state index contributed by atoms with van der Waals surface area (Å²) in [7, 11) is 0. The van der Waals surface area contributed by atoms with Crippen LogP contribution in [0.5, 0.6) is 0 Å². The summed E-state index contributed by atoms with van der Waals surface area (Å²) in [5.74, 6) is 0.520. The third-order valence-corrected chi connectivity index (χ3v) is 3.50. The molecule has 15 heavy (non-hydrogen) atoms. The van der Waals surface area contributed by atoms with Crippen LogP contribution in [0.25, 0.3) is 0 Å². The second-order valence-electron chi connectivity index (χ2n) is 4.15. The maximum Gasteiger partial charge on any atom is 0.109 e. The molecule has 1 heterocycles. The van der Waals surface area contributed by atoms with Crippen molar-refractivity contribution in [2.45, 2.75) is 39.3 Å². The van der Waals surface area contributed by atoms with Gasteiger partial charge in [0.2, 0.25) is 0 Å². The van der Waals surface area contributed by atoms with E-state index in [1.54, 1.807) is 11.3 Å². The second kappa shape index (κ2) is 6.20. The number of rotatable bonds is 6. The third-order valence-electron chi connectivity index (χ3n) is 2.61. The zero-order valence-corrected chi connectivity index (χ0v) is 10.6. The van der Waals surface area contributed by atoms with Gasteiger partial charge in [-0.15, -0.1) is 11.3 Å². The van der Waals surface area contributed by atoms with Gasteiger partial charge in [-0.1, -0.05) is 20.8 Å². The fourth-order valence-corrected chi connectivity index (χ4v) is 2.12. The molecule has 1 rings (SSSR count). The van der Waals surface area contributed by atoms with E-state index in [1.165, 1.54) is 0 Å². The highest BCUT2D eigenvalue weighted by atomic mass is 32.1. The summed E-state index contributed by atoms with van der Waals surface area (Å²) in [4.78, 5) is 4.33. The number of thiazole rings is 1. The number of hydrogen-bond acceptors (Lipinski definition) is 4. The quantitative estimate of drug-likeness (QED) is 0.783. The maximum atomic E-state index is 5.99. The fraction of sp³-hybridized carbons (Fsp3) is 0.727. The van der Waals surface area contributed by atoms with Crippen LogP contribution in [0.3, 0.4) is 0 Å². The average molecular weight is 227 g/mol. The van der Waals surface area contributed by atoms with E-state index >= 15 is 0 Å². The minimum atomic E-state index is 0.221. The van der Waals surface area contributed by atoms with E-state index in [9.17, 15) is 0 Å². The molecular weight excluding hydrogens is 206 g/mol. The maximum absolute atomic E-state index is 5.99. The standard InChI is InChI=1S/C11H21N3S/c1-4-10(11-13-5-6-15-11)14-7-9(12)8(2)3/h5-6,8-10,14H,4,7,12H2,1-3H3. The highest BCUT2D eigenvalue weighted by Crippen LogP contribution is 2.18. The Labute approximate surface area is 96.1 Å².